The van der Waals surface area contributed by atoms with Crippen molar-refractivity contribution in [1.82, 2.24) is 15.8 Å². The minimum Gasteiger partial charge on any atom is -0.286 e. The summed E-state index contributed by atoms with van der Waals surface area (Å²) in [4.78, 5) is 16.1. The molecule has 3 aromatic rings. The molecule has 106 valence electrons. The normalized spacial score (nSPS) is 10.8. The second-order valence-corrected chi connectivity index (χ2v) is 5.26. The minimum absolute atomic E-state index is 0.243. The molecule has 6 heteroatoms. The molecule has 0 bridgehead atoms. The van der Waals surface area contributed by atoms with Crippen molar-refractivity contribution in [3.05, 3.63) is 53.3 Å². The summed E-state index contributed by atoms with van der Waals surface area (Å²) in [6.45, 7) is 0. The lowest BCUT2D eigenvalue weighted by atomic mass is 10.1. The molecule has 3 rings (SSSR count). The van der Waals surface area contributed by atoms with Crippen molar-refractivity contribution in [2.45, 2.75) is 0 Å². The molecular formula is C15H12FN3OS. The third-order valence-corrected chi connectivity index (χ3v) is 4.05. The van der Waals surface area contributed by atoms with Crippen LogP contribution in [0.4, 0.5) is 4.39 Å². The molecule has 1 amide bonds. The smallest absolute Gasteiger partial charge is 0.283 e. The van der Waals surface area contributed by atoms with Gasteiger partial charge >= 0.3 is 0 Å². The highest BCUT2D eigenvalue weighted by molar-refractivity contribution is 7.17. The highest BCUT2D eigenvalue weighted by Crippen LogP contribution is 2.34. The van der Waals surface area contributed by atoms with Crippen LogP contribution in [0.5, 0.6) is 0 Å². The molecule has 2 heterocycles. The number of hydrogen-bond acceptors (Lipinski definition) is 4. The van der Waals surface area contributed by atoms with E-state index in [4.69, 9.17) is 0 Å². The number of nitrogens with one attached hydrogen (secondary N) is 2. The Balaban J connectivity index is 2.09. The Morgan fingerprint density at radius 1 is 1.24 bits per heavy atom. The van der Waals surface area contributed by atoms with Crippen LogP contribution < -0.4 is 10.9 Å². The minimum atomic E-state index is -0.315. The van der Waals surface area contributed by atoms with E-state index in [0.29, 0.717) is 16.1 Å². The average Bonchev–Trinajstić information content (AvgIpc) is 2.93. The van der Waals surface area contributed by atoms with Crippen LogP contribution in [0.3, 0.4) is 0 Å². The largest absolute Gasteiger partial charge is 0.286 e. The number of fused-ring (bicyclic) bond motifs is 1. The maximum atomic E-state index is 13.7. The second-order valence-electron chi connectivity index (χ2n) is 4.38. The van der Waals surface area contributed by atoms with E-state index >= 15 is 0 Å². The molecule has 0 atom stereocenters. The molecule has 2 aromatic heterocycles. The fourth-order valence-electron chi connectivity index (χ4n) is 2.11. The van der Waals surface area contributed by atoms with Crippen molar-refractivity contribution < 1.29 is 9.18 Å². The molecule has 0 aliphatic heterocycles. The Labute approximate surface area is 124 Å². The predicted octanol–water partition coefficient (Wildman–Crippen LogP) is 2.97. The van der Waals surface area contributed by atoms with Crippen LogP contribution >= 0.6 is 11.3 Å². The van der Waals surface area contributed by atoms with Gasteiger partial charge in [0, 0.05) is 23.4 Å². The van der Waals surface area contributed by atoms with E-state index in [1.165, 1.54) is 17.4 Å². The number of hydrazine groups is 1. The molecular weight excluding hydrogens is 289 g/mol. The van der Waals surface area contributed by atoms with Gasteiger partial charge in [-0.05, 0) is 18.2 Å². The van der Waals surface area contributed by atoms with Gasteiger partial charge in [0.25, 0.3) is 5.91 Å². The lowest BCUT2D eigenvalue weighted by molar-refractivity contribution is 0.0933. The zero-order valence-electron chi connectivity index (χ0n) is 11.2. The zero-order valence-corrected chi connectivity index (χ0v) is 12.0. The summed E-state index contributed by atoms with van der Waals surface area (Å²) in [6, 6.07) is 10.2. The summed E-state index contributed by atoms with van der Waals surface area (Å²) in [5, 5.41) is 2.66. The van der Waals surface area contributed by atoms with Gasteiger partial charge in [-0.3, -0.25) is 10.2 Å². The molecule has 0 fully saturated rings. The van der Waals surface area contributed by atoms with Crippen LogP contribution in [0.2, 0.25) is 0 Å². The Morgan fingerprint density at radius 3 is 2.86 bits per heavy atom. The maximum absolute atomic E-state index is 13.7. The fraction of sp³-hybridized carbons (Fsp3) is 0.0667. The Kier molecular flexibility index (Phi) is 3.64. The van der Waals surface area contributed by atoms with Crippen molar-refractivity contribution in [1.29, 1.82) is 0 Å². The number of carbonyl (C=O) groups excluding carboxylic acids is 1. The number of thiophene rings is 1. The summed E-state index contributed by atoms with van der Waals surface area (Å²) in [6.07, 6.45) is 0. The summed E-state index contributed by atoms with van der Waals surface area (Å²) < 4.78 is 14.3. The van der Waals surface area contributed by atoms with Gasteiger partial charge < -0.3 is 0 Å². The van der Waals surface area contributed by atoms with E-state index in [0.717, 1.165) is 10.9 Å². The van der Waals surface area contributed by atoms with Crippen molar-refractivity contribution >= 4 is 27.3 Å². The third-order valence-electron chi connectivity index (χ3n) is 3.05. The predicted molar refractivity (Wildman–Crippen MR) is 81.5 cm³/mol. The Hall–Kier alpha value is -2.31. The van der Waals surface area contributed by atoms with E-state index < -0.39 is 0 Å². The summed E-state index contributed by atoms with van der Waals surface area (Å²) in [5.74, 6) is -0.558. The van der Waals surface area contributed by atoms with Gasteiger partial charge in [0.15, 0.2) is 0 Å². The topological polar surface area (TPSA) is 54.0 Å². The fourth-order valence-corrected chi connectivity index (χ4v) is 3.08. The van der Waals surface area contributed by atoms with Gasteiger partial charge in [0.1, 0.15) is 11.5 Å². The number of rotatable bonds is 3. The standard InChI is InChI=1S/C15H12FN3OS/c1-17-19-15(20)13-7-3-6-12(18-13)10-8-21-14-9(10)4-2-5-11(14)16/h2-8,17H,1H3,(H,19,20). The monoisotopic (exact) mass is 301 g/mol. The number of halogens is 1. The van der Waals surface area contributed by atoms with Gasteiger partial charge in [0.05, 0.1) is 10.4 Å². The lowest BCUT2D eigenvalue weighted by Gasteiger charge is -2.04. The molecule has 0 saturated carbocycles. The van der Waals surface area contributed by atoms with Crippen LogP contribution in [-0.2, 0) is 0 Å². The van der Waals surface area contributed by atoms with Crippen LogP contribution in [-0.4, -0.2) is 17.9 Å². The molecule has 4 nitrogen and oxygen atoms in total. The van der Waals surface area contributed by atoms with E-state index in [9.17, 15) is 9.18 Å². The summed E-state index contributed by atoms with van der Waals surface area (Å²) in [5.41, 5.74) is 6.82. The number of nitrogens with zero attached hydrogens (tertiary/aromatic N) is 1. The highest BCUT2D eigenvalue weighted by atomic mass is 32.1. The first-order valence-electron chi connectivity index (χ1n) is 6.31. The molecule has 1 aromatic carbocycles. The molecule has 0 spiro atoms. The number of pyridine rings is 1. The van der Waals surface area contributed by atoms with E-state index in [2.05, 4.69) is 15.8 Å². The summed E-state index contributed by atoms with van der Waals surface area (Å²) in [7, 11) is 1.61. The number of amides is 1. The van der Waals surface area contributed by atoms with Crippen LogP contribution in [0, 0.1) is 5.82 Å². The average molecular weight is 301 g/mol. The molecule has 2 N–H and O–H groups in total. The summed E-state index contributed by atoms with van der Waals surface area (Å²) >= 11 is 1.33. The molecule has 0 radical (unpaired) electrons. The van der Waals surface area contributed by atoms with E-state index in [-0.39, 0.29) is 11.7 Å². The molecule has 0 aliphatic rings. The van der Waals surface area contributed by atoms with Crippen molar-refractivity contribution in [3.8, 4) is 11.3 Å². The van der Waals surface area contributed by atoms with Crippen LogP contribution in [0.15, 0.2) is 41.8 Å². The second kappa shape index (κ2) is 5.59. The number of benzene rings is 1. The van der Waals surface area contributed by atoms with E-state index in [1.54, 1.807) is 25.2 Å². The Morgan fingerprint density at radius 2 is 2.05 bits per heavy atom. The third kappa shape index (κ3) is 2.51. The van der Waals surface area contributed by atoms with Gasteiger partial charge in [-0.15, -0.1) is 11.3 Å². The van der Waals surface area contributed by atoms with Crippen LogP contribution in [0.25, 0.3) is 21.3 Å². The number of hydrogen-bond donors (Lipinski definition) is 2. The molecule has 21 heavy (non-hydrogen) atoms. The SMILES string of the molecule is CNNC(=O)c1cccc(-c2csc3c(F)cccc23)n1. The maximum Gasteiger partial charge on any atom is 0.283 e. The van der Waals surface area contributed by atoms with Gasteiger partial charge in [-0.25, -0.2) is 14.8 Å². The molecule has 0 aliphatic carbocycles. The molecule has 0 saturated heterocycles. The first-order chi connectivity index (χ1) is 10.2. The quantitative estimate of drug-likeness (QED) is 0.731. The van der Waals surface area contributed by atoms with Gasteiger partial charge in [-0.2, -0.15) is 0 Å². The molecule has 0 unspecified atom stereocenters. The van der Waals surface area contributed by atoms with Crippen molar-refractivity contribution in [2.24, 2.45) is 0 Å². The number of aromatic nitrogens is 1. The highest BCUT2D eigenvalue weighted by Gasteiger charge is 2.12. The van der Waals surface area contributed by atoms with Gasteiger partial charge in [-0.1, -0.05) is 18.2 Å². The first kappa shape index (κ1) is 13.7. The van der Waals surface area contributed by atoms with E-state index in [1.807, 2.05) is 17.5 Å². The van der Waals surface area contributed by atoms with Crippen LogP contribution in [0.1, 0.15) is 10.5 Å². The Bertz CT molecular complexity index is 816. The first-order valence-corrected chi connectivity index (χ1v) is 7.19. The van der Waals surface area contributed by atoms with Gasteiger partial charge in [0.2, 0.25) is 0 Å². The zero-order chi connectivity index (χ0) is 14.8. The number of carbonyl (C=O) groups is 1. The van der Waals surface area contributed by atoms with Crippen molar-refractivity contribution in [3.63, 3.8) is 0 Å². The van der Waals surface area contributed by atoms with Crippen molar-refractivity contribution in [2.75, 3.05) is 7.05 Å². The lowest BCUT2D eigenvalue weighted by Crippen LogP contribution is -2.34.